The van der Waals surface area contributed by atoms with Crippen molar-refractivity contribution in [1.82, 2.24) is 5.32 Å². The number of urea groups is 1. The molecule has 0 bridgehead atoms. The molecule has 60 valence electrons. The first-order valence-corrected chi connectivity index (χ1v) is 4.38. The highest BCUT2D eigenvalue weighted by molar-refractivity contribution is 9.09. The van der Waals surface area contributed by atoms with E-state index in [-0.39, 0.29) is 0 Å². The van der Waals surface area contributed by atoms with Crippen LogP contribution in [0.25, 0.3) is 0 Å². The number of hydrogen-bond acceptors (Lipinski definition) is 1. The number of primary amides is 1. The topological polar surface area (TPSA) is 55.1 Å². The molecule has 0 saturated heterocycles. The van der Waals surface area contributed by atoms with Crippen LogP contribution in [-0.2, 0) is 0 Å². The van der Waals surface area contributed by atoms with E-state index in [0.29, 0.717) is 12.5 Å². The summed E-state index contributed by atoms with van der Waals surface area (Å²) in [6, 6.07) is -0.443. The Kier molecular flexibility index (Phi) is 5.39. The molecule has 0 rings (SSSR count). The van der Waals surface area contributed by atoms with Gasteiger partial charge in [-0.3, -0.25) is 0 Å². The number of nitrogens with two attached hydrogens (primary N) is 1. The van der Waals surface area contributed by atoms with Crippen LogP contribution in [0.5, 0.6) is 0 Å². The van der Waals surface area contributed by atoms with E-state index in [1.807, 2.05) is 0 Å². The summed E-state index contributed by atoms with van der Waals surface area (Å²) >= 11 is 3.34. The fourth-order valence-electron chi connectivity index (χ4n) is 0.519. The van der Waals surface area contributed by atoms with Gasteiger partial charge in [0.25, 0.3) is 0 Å². The number of hydrogen-bond donors (Lipinski definition) is 2. The molecule has 1 atom stereocenters. The van der Waals surface area contributed by atoms with Crippen molar-refractivity contribution >= 4 is 22.0 Å². The number of alkyl halides is 1. The molecule has 0 aromatic carbocycles. The molecule has 3 N–H and O–H groups in total. The normalized spacial score (nSPS) is 12.6. The van der Waals surface area contributed by atoms with Gasteiger partial charge in [0.05, 0.1) is 0 Å². The number of carbonyl (C=O) groups excluding carboxylic acids is 1. The van der Waals surface area contributed by atoms with Gasteiger partial charge in [0.2, 0.25) is 0 Å². The first kappa shape index (κ1) is 9.75. The number of carbonyl (C=O) groups is 1. The van der Waals surface area contributed by atoms with Crippen molar-refractivity contribution in [2.75, 3.05) is 11.9 Å². The molecule has 0 heterocycles. The fourth-order valence-corrected chi connectivity index (χ4v) is 0.843. The van der Waals surface area contributed by atoms with E-state index < -0.39 is 6.03 Å². The van der Waals surface area contributed by atoms with Gasteiger partial charge < -0.3 is 11.1 Å². The Morgan fingerprint density at radius 1 is 1.80 bits per heavy atom. The first-order valence-electron chi connectivity index (χ1n) is 3.26. The van der Waals surface area contributed by atoms with Gasteiger partial charge in [0.1, 0.15) is 0 Å². The van der Waals surface area contributed by atoms with Crippen LogP contribution in [-0.4, -0.2) is 17.9 Å². The molecule has 0 aromatic heterocycles. The van der Waals surface area contributed by atoms with Crippen molar-refractivity contribution in [3.05, 3.63) is 0 Å². The second kappa shape index (κ2) is 5.53. The van der Waals surface area contributed by atoms with E-state index in [1.165, 1.54) is 0 Å². The monoisotopic (exact) mass is 208 g/mol. The zero-order valence-electron chi connectivity index (χ0n) is 6.06. The standard InChI is InChI=1S/C6H13BrN2O/c1-5(4-7)2-3-9-6(8)10/h5H,2-4H2,1H3,(H3,8,9,10). The predicted molar refractivity (Wildman–Crippen MR) is 45.2 cm³/mol. The molecule has 1 unspecified atom stereocenters. The van der Waals surface area contributed by atoms with Gasteiger partial charge in [0.15, 0.2) is 0 Å². The maximum Gasteiger partial charge on any atom is 0.312 e. The van der Waals surface area contributed by atoms with Crippen molar-refractivity contribution in [3.8, 4) is 0 Å². The van der Waals surface area contributed by atoms with Gasteiger partial charge >= 0.3 is 6.03 Å². The fraction of sp³-hybridized carbons (Fsp3) is 0.833. The number of rotatable bonds is 4. The quantitative estimate of drug-likeness (QED) is 0.668. The Labute approximate surface area is 69.5 Å². The summed E-state index contributed by atoms with van der Waals surface area (Å²) in [5, 5.41) is 3.49. The molecule has 0 saturated carbocycles. The van der Waals surface area contributed by atoms with Crippen molar-refractivity contribution in [2.45, 2.75) is 13.3 Å². The van der Waals surface area contributed by atoms with E-state index in [4.69, 9.17) is 5.73 Å². The maximum atomic E-state index is 10.2. The minimum Gasteiger partial charge on any atom is -0.352 e. The lowest BCUT2D eigenvalue weighted by atomic mass is 10.1. The van der Waals surface area contributed by atoms with E-state index >= 15 is 0 Å². The molecule has 0 aliphatic rings. The lowest BCUT2D eigenvalue weighted by molar-refractivity contribution is 0.248. The summed E-state index contributed by atoms with van der Waals surface area (Å²) in [6.45, 7) is 2.78. The molecule has 4 heteroatoms. The van der Waals surface area contributed by atoms with Crippen LogP contribution in [0.4, 0.5) is 4.79 Å². The zero-order chi connectivity index (χ0) is 7.98. The van der Waals surface area contributed by atoms with Crippen molar-refractivity contribution in [2.24, 2.45) is 11.7 Å². The summed E-state index contributed by atoms with van der Waals surface area (Å²) in [7, 11) is 0. The average molecular weight is 209 g/mol. The Morgan fingerprint density at radius 3 is 2.80 bits per heavy atom. The third-order valence-electron chi connectivity index (χ3n) is 1.20. The molecule has 0 aliphatic carbocycles. The van der Waals surface area contributed by atoms with Gasteiger partial charge in [-0.1, -0.05) is 22.9 Å². The van der Waals surface area contributed by atoms with E-state index in [0.717, 1.165) is 11.8 Å². The second-order valence-electron chi connectivity index (χ2n) is 2.34. The molecule has 0 aromatic rings. The third-order valence-corrected chi connectivity index (χ3v) is 2.31. The van der Waals surface area contributed by atoms with Crippen LogP contribution >= 0.6 is 15.9 Å². The molecule has 10 heavy (non-hydrogen) atoms. The Balaban J connectivity index is 3.11. The van der Waals surface area contributed by atoms with E-state index in [9.17, 15) is 4.79 Å². The highest BCUT2D eigenvalue weighted by atomic mass is 79.9. The van der Waals surface area contributed by atoms with Gasteiger partial charge in [-0.05, 0) is 12.3 Å². The SMILES string of the molecule is CC(CBr)CCNC(N)=O. The number of halogens is 1. The zero-order valence-corrected chi connectivity index (χ0v) is 7.65. The molecule has 0 fully saturated rings. The maximum absolute atomic E-state index is 10.2. The molecule has 0 spiro atoms. The Morgan fingerprint density at radius 2 is 2.40 bits per heavy atom. The minimum absolute atomic E-state index is 0.443. The summed E-state index contributed by atoms with van der Waals surface area (Å²) in [4.78, 5) is 10.2. The molecular formula is C6H13BrN2O. The first-order chi connectivity index (χ1) is 4.66. The second-order valence-corrected chi connectivity index (χ2v) is 2.99. The van der Waals surface area contributed by atoms with Gasteiger partial charge in [0, 0.05) is 11.9 Å². The van der Waals surface area contributed by atoms with Crippen LogP contribution in [0.3, 0.4) is 0 Å². The predicted octanol–water partition coefficient (Wildman–Crippen LogP) is 1.08. The molecule has 0 aliphatic heterocycles. The third kappa shape index (κ3) is 5.88. The van der Waals surface area contributed by atoms with E-state index in [1.54, 1.807) is 0 Å². The van der Waals surface area contributed by atoms with Gasteiger partial charge in [-0.2, -0.15) is 0 Å². The van der Waals surface area contributed by atoms with Crippen LogP contribution in [0.15, 0.2) is 0 Å². The molecule has 0 radical (unpaired) electrons. The highest BCUT2D eigenvalue weighted by Gasteiger charge is 1.98. The molecular weight excluding hydrogens is 196 g/mol. The lowest BCUT2D eigenvalue weighted by Gasteiger charge is -2.06. The molecule has 2 amide bonds. The van der Waals surface area contributed by atoms with Crippen LogP contribution in [0.1, 0.15) is 13.3 Å². The van der Waals surface area contributed by atoms with Crippen LogP contribution in [0, 0.1) is 5.92 Å². The summed E-state index contributed by atoms with van der Waals surface area (Å²) in [5.41, 5.74) is 4.86. The van der Waals surface area contributed by atoms with Gasteiger partial charge in [-0.25, -0.2) is 4.79 Å². The smallest absolute Gasteiger partial charge is 0.312 e. The van der Waals surface area contributed by atoms with Crippen molar-refractivity contribution < 1.29 is 4.79 Å². The number of nitrogens with one attached hydrogen (secondary N) is 1. The summed E-state index contributed by atoms with van der Waals surface area (Å²) in [6.07, 6.45) is 0.966. The van der Waals surface area contributed by atoms with Crippen molar-refractivity contribution in [3.63, 3.8) is 0 Å². The van der Waals surface area contributed by atoms with Crippen molar-refractivity contribution in [1.29, 1.82) is 0 Å². The van der Waals surface area contributed by atoms with Crippen LogP contribution in [0.2, 0.25) is 0 Å². The minimum atomic E-state index is -0.443. The average Bonchev–Trinajstić information content (AvgIpc) is 1.87. The Hall–Kier alpha value is -0.250. The van der Waals surface area contributed by atoms with E-state index in [2.05, 4.69) is 28.2 Å². The summed E-state index contributed by atoms with van der Waals surface area (Å²) < 4.78 is 0. The highest BCUT2D eigenvalue weighted by Crippen LogP contribution is 2.03. The lowest BCUT2D eigenvalue weighted by Crippen LogP contribution is -2.30. The largest absolute Gasteiger partial charge is 0.352 e. The summed E-state index contributed by atoms with van der Waals surface area (Å²) in [5.74, 6) is 0.590. The van der Waals surface area contributed by atoms with Crippen LogP contribution < -0.4 is 11.1 Å². The Bertz CT molecular complexity index is 108. The molecule has 3 nitrogen and oxygen atoms in total. The number of amides is 2. The van der Waals surface area contributed by atoms with Gasteiger partial charge in [-0.15, -0.1) is 0 Å².